The largest absolute Gasteiger partial charge is 0.505 e. The summed E-state index contributed by atoms with van der Waals surface area (Å²) < 4.78 is 63.5. The van der Waals surface area contributed by atoms with Gasteiger partial charge in [0.15, 0.2) is 23.3 Å². The Hall–Kier alpha value is -12.6. The summed E-state index contributed by atoms with van der Waals surface area (Å²) in [6.45, 7) is 39.2. The van der Waals surface area contributed by atoms with Crippen LogP contribution in [0.5, 0.6) is 5.75 Å². The fourth-order valence-electron chi connectivity index (χ4n) is 18.0. The zero-order chi connectivity index (χ0) is 101. The summed E-state index contributed by atoms with van der Waals surface area (Å²) in [5.41, 5.74) is 16.5. The van der Waals surface area contributed by atoms with Gasteiger partial charge in [-0.3, -0.25) is 57.4 Å². The number of benzene rings is 3. The fraction of sp³-hybridized carbons (Fsp3) is 0.296. The number of hydrogen-bond donors (Lipinski definition) is 3. The van der Waals surface area contributed by atoms with Crippen LogP contribution in [0.1, 0.15) is 142 Å². The number of phenols is 1. The van der Waals surface area contributed by atoms with Crippen molar-refractivity contribution in [1.29, 1.82) is 15.8 Å². The lowest BCUT2D eigenvalue weighted by atomic mass is 10.00. The second kappa shape index (κ2) is 40.8. The number of fused-ring (bicyclic) bond motifs is 3. The molecule has 5 N–H and O–H groups in total. The van der Waals surface area contributed by atoms with Crippen molar-refractivity contribution in [2.24, 2.45) is 0 Å². The second-order valence-corrected chi connectivity index (χ2v) is 37.8. The number of aryl methyl sites for hydroxylation is 3. The number of carbonyl (C=O) groups excluding carboxylic acids is 3. The van der Waals surface area contributed by atoms with Crippen LogP contribution in [0.2, 0.25) is 45.2 Å². The number of aromatic hydroxyl groups is 1. The van der Waals surface area contributed by atoms with Gasteiger partial charge in [0.25, 0.3) is 16.7 Å². The molecule has 40 heteroatoms. The molecule has 12 aromatic rings. The Morgan fingerprint density at radius 3 is 0.949 bits per heavy atom. The van der Waals surface area contributed by atoms with Crippen molar-refractivity contribution in [3.8, 4) is 74.8 Å². The second-order valence-electron chi connectivity index (χ2n) is 34.3. The predicted octanol–water partition coefficient (Wildman–Crippen LogP) is 20.8. The van der Waals surface area contributed by atoms with Crippen molar-refractivity contribution < 1.29 is 37.1 Å². The SMILES string of the molecule is C=CC(=O)N1CCN(c2c(C#N)c(=O)n(-c3c(C)ccnc3C(C)C)c3nc(-c4c(C)c(Cl)c(F)c(Cl)c4N)c(Cl)cc23)C[C@H]1C.C=CC(=O)N1CCN(c2c(C#N)c(=O)n(-c3c(C)ccnc3C(C)C)c3nc(-c4c(C)c(Cl)c(F)c(Cl)c4N)c(Cl)cc23)C[C@H]1C.C=CC(=O)N1CCN(c2c(C#N)c(=O)n(-c3c(C)ccnc3C(C)C)c3nc(-c4c(O)c(Cl)c(F)c(Cl)c4F)c(Cl)cc23)C[C@H]1C. The van der Waals surface area contributed by atoms with Crippen LogP contribution in [0.3, 0.4) is 0 Å². The molecular formula is C98H89Cl9F4N20O7. The summed E-state index contributed by atoms with van der Waals surface area (Å²) in [6.07, 6.45) is 8.67. The molecule has 3 atom stereocenters. The first kappa shape index (κ1) is 103. The van der Waals surface area contributed by atoms with Crippen molar-refractivity contribution in [3.63, 3.8) is 0 Å². The van der Waals surface area contributed by atoms with Crippen LogP contribution in [0.4, 0.5) is 46.0 Å². The topological polar surface area (TPSA) is 358 Å². The standard InChI is InChI=1S/2C33H31Cl3FN7O2.C32H27Cl3F2N6O3/c2*1-7-22(45)43-11-10-42(14-17(43)5)31-19-12-21(34)29(23-18(6)24(35)26(37)25(36)27(23)39)41-32(19)44(33(46)20(31)13-38)30-16(4)8-9-40-28(30)15(2)3;1-6-20(44)42-10-9-41(13-16(42)5)29-17-11-19(33)27(21-24(36)22(34)25(37)23(35)30(21)45)40-31(17)43(32(46)18(29)12-38)28-15(4)7-8-39-26(28)14(2)3/h2*7-9,12,15,17H,1,10-11,14,39H2,2-6H3;6-8,11,14,16,45H,1,9-10,13H2,2-5H3/t2*17-;16-/m111/s1. The van der Waals surface area contributed by atoms with Crippen LogP contribution < -0.4 is 42.8 Å². The number of nitriles is 3. The van der Waals surface area contributed by atoms with E-state index in [0.29, 0.717) is 101 Å². The third-order valence-electron chi connectivity index (χ3n) is 24.7. The predicted molar refractivity (Wildman–Crippen MR) is 538 cm³/mol. The summed E-state index contributed by atoms with van der Waals surface area (Å²) >= 11 is 57.5. The normalized spacial score (nSPS) is 15.0. The van der Waals surface area contributed by atoms with Crippen LogP contribution in [0, 0.1) is 91.9 Å². The quantitative estimate of drug-likeness (QED) is 0.0282. The Morgan fingerprint density at radius 2 is 0.696 bits per heavy atom. The molecule has 0 unspecified atom stereocenters. The highest BCUT2D eigenvalue weighted by molar-refractivity contribution is 6.41. The van der Waals surface area contributed by atoms with Crippen molar-refractivity contribution in [1.82, 2.24) is 58.3 Å². The molecule has 0 bridgehead atoms. The first-order chi connectivity index (χ1) is 65.2. The van der Waals surface area contributed by atoms with Gasteiger partial charge in [0.1, 0.15) is 77.7 Å². The van der Waals surface area contributed by atoms with E-state index in [1.165, 1.54) is 38.0 Å². The van der Waals surface area contributed by atoms with Gasteiger partial charge in [-0.2, -0.15) is 15.8 Å². The summed E-state index contributed by atoms with van der Waals surface area (Å²) in [4.78, 5) is 120. The molecule has 714 valence electrons. The molecule has 3 aliphatic rings. The van der Waals surface area contributed by atoms with Crippen molar-refractivity contribution in [2.45, 2.75) is 133 Å². The number of nitrogens with zero attached hydrogens (tertiary/aromatic N) is 18. The van der Waals surface area contributed by atoms with Crippen molar-refractivity contribution in [2.75, 3.05) is 85.1 Å². The maximum atomic E-state index is 15.5. The summed E-state index contributed by atoms with van der Waals surface area (Å²) in [5.74, 6) is -6.51. The average Bonchev–Trinajstić information content (AvgIpc) is 0.726. The first-order valence-corrected chi connectivity index (χ1v) is 46.5. The lowest BCUT2D eigenvalue weighted by Crippen LogP contribution is -2.54. The van der Waals surface area contributed by atoms with Crippen LogP contribution in [0.15, 0.2) is 107 Å². The molecule has 27 nitrogen and oxygen atoms in total. The highest BCUT2D eigenvalue weighted by Crippen LogP contribution is 2.51. The van der Waals surface area contributed by atoms with Crippen LogP contribution in [-0.4, -0.2) is 158 Å². The van der Waals surface area contributed by atoms with Gasteiger partial charge in [-0.25, -0.2) is 32.5 Å². The molecule has 0 saturated carbocycles. The molecule has 3 aromatic carbocycles. The molecule has 138 heavy (non-hydrogen) atoms. The number of piperazine rings is 3. The van der Waals surface area contributed by atoms with Crippen LogP contribution in [-0.2, 0) is 14.4 Å². The van der Waals surface area contributed by atoms with Crippen molar-refractivity contribution >= 4 is 184 Å². The average molecular weight is 2050 g/mol. The summed E-state index contributed by atoms with van der Waals surface area (Å²) in [7, 11) is 0. The van der Waals surface area contributed by atoms with Gasteiger partial charge in [-0.1, -0.05) is 166 Å². The van der Waals surface area contributed by atoms with E-state index in [-0.39, 0.29) is 204 Å². The number of nitrogen functional groups attached to an aromatic ring is 2. The highest BCUT2D eigenvalue weighted by atomic mass is 35.5. The zero-order valence-electron chi connectivity index (χ0n) is 76.9. The number of carbonyl (C=O) groups is 3. The monoisotopic (exact) mass is 2050 g/mol. The Balaban J connectivity index is 0.000000175. The minimum absolute atomic E-state index is 0.0518. The Bertz CT molecular complexity index is 6780. The summed E-state index contributed by atoms with van der Waals surface area (Å²) in [5, 5.41) is 40.2. The van der Waals surface area contributed by atoms with Crippen molar-refractivity contribution in [3.05, 3.63) is 254 Å². The minimum Gasteiger partial charge on any atom is -0.505 e. The third-order valence-corrected chi connectivity index (χ3v) is 27.9. The number of halogens is 13. The lowest BCUT2D eigenvalue weighted by molar-refractivity contribution is -0.129. The van der Waals surface area contributed by atoms with E-state index in [0.717, 1.165) is 11.1 Å². The smallest absolute Gasteiger partial charge is 0.276 e. The van der Waals surface area contributed by atoms with E-state index in [1.54, 1.807) is 89.3 Å². The van der Waals surface area contributed by atoms with Gasteiger partial charge in [0.2, 0.25) is 17.7 Å². The molecule has 3 saturated heterocycles. The van der Waals surface area contributed by atoms with Crippen LogP contribution >= 0.6 is 104 Å². The maximum Gasteiger partial charge on any atom is 0.276 e. The molecule has 3 aliphatic heterocycles. The number of rotatable bonds is 15. The van der Waals surface area contributed by atoms with E-state index in [2.05, 4.69) is 57.9 Å². The Kier molecular flexibility index (Phi) is 30.4. The zero-order valence-corrected chi connectivity index (χ0v) is 83.7. The van der Waals surface area contributed by atoms with E-state index in [4.69, 9.17) is 126 Å². The number of nitrogens with two attached hydrogens (primary N) is 2. The number of pyridine rings is 9. The molecule has 0 radical (unpaired) electrons. The maximum absolute atomic E-state index is 15.5. The van der Waals surface area contributed by atoms with Gasteiger partial charge in [-0.15, -0.1) is 0 Å². The molecule has 3 fully saturated rings. The molecular weight excluding hydrogens is 1960 g/mol. The van der Waals surface area contributed by atoms with E-state index in [1.807, 2.05) is 86.0 Å². The number of amides is 3. The molecule has 12 heterocycles. The van der Waals surface area contributed by atoms with Gasteiger partial charge in [0.05, 0.1) is 110 Å². The number of phenolic OH excluding ortho intramolecular Hbond substituents is 1. The van der Waals surface area contributed by atoms with Crippen LogP contribution in [0.25, 0.3) is 83.9 Å². The van der Waals surface area contributed by atoms with Gasteiger partial charge in [0, 0.05) is 123 Å². The third kappa shape index (κ3) is 18.0. The molecule has 9 aromatic heterocycles. The molecule has 15 rings (SSSR count). The minimum atomic E-state index is -1.37. The van der Waals surface area contributed by atoms with E-state index >= 15 is 4.39 Å². The fourth-order valence-corrected chi connectivity index (χ4v) is 20.0. The number of hydrogen-bond acceptors (Lipinski definition) is 21. The Morgan fingerprint density at radius 1 is 0.428 bits per heavy atom. The Labute approximate surface area is 835 Å². The van der Waals surface area contributed by atoms with Gasteiger partial charge >= 0.3 is 0 Å². The number of aromatic nitrogens is 9. The summed E-state index contributed by atoms with van der Waals surface area (Å²) in [6, 6.07) is 15.3. The molecule has 0 aliphatic carbocycles. The first-order valence-electron chi connectivity index (χ1n) is 43.1. The van der Waals surface area contributed by atoms with E-state index in [9.17, 15) is 62.8 Å². The molecule has 3 amide bonds. The lowest BCUT2D eigenvalue weighted by Gasteiger charge is -2.41. The molecule has 0 spiro atoms. The number of anilines is 5. The highest BCUT2D eigenvalue weighted by Gasteiger charge is 2.40. The van der Waals surface area contributed by atoms with Gasteiger partial charge < -0.3 is 46.0 Å². The van der Waals surface area contributed by atoms with E-state index < -0.39 is 61.3 Å². The van der Waals surface area contributed by atoms with Gasteiger partial charge in [-0.05, 0) is 156 Å².